The summed E-state index contributed by atoms with van der Waals surface area (Å²) >= 11 is 6.46. The van der Waals surface area contributed by atoms with Crippen molar-refractivity contribution in [3.05, 3.63) is 64.8 Å². The molecule has 0 atom stereocenters. The average Bonchev–Trinajstić information content (AvgIpc) is 3.41. The predicted octanol–water partition coefficient (Wildman–Crippen LogP) is 4.72. The number of rotatable bonds is 5. The van der Waals surface area contributed by atoms with Crippen LogP contribution >= 0.6 is 11.6 Å². The van der Waals surface area contributed by atoms with E-state index in [4.69, 9.17) is 25.8 Å². The van der Waals surface area contributed by atoms with Gasteiger partial charge in [-0.25, -0.2) is 0 Å². The van der Waals surface area contributed by atoms with Crippen LogP contribution in [0.2, 0.25) is 5.02 Å². The Bertz CT molecular complexity index is 1130. The van der Waals surface area contributed by atoms with E-state index in [2.05, 4.69) is 0 Å². The van der Waals surface area contributed by atoms with Crippen LogP contribution in [0.15, 0.2) is 48.5 Å². The highest BCUT2D eigenvalue weighted by molar-refractivity contribution is 6.31. The molecule has 0 unspecified atom stereocenters. The SMILES string of the molecule is CCOc1cccc2c1cc(C(=O)N1CCC3(CC1)OCCO3)n2Cc1ccccc1Cl. The van der Waals surface area contributed by atoms with Crippen molar-refractivity contribution >= 4 is 28.4 Å². The molecular formula is C25H27ClN2O4. The van der Waals surface area contributed by atoms with Crippen LogP contribution in [-0.4, -0.2) is 54.1 Å². The molecule has 6 nitrogen and oxygen atoms in total. The summed E-state index contributed by atoms with van der Waals surface area (Å²) in [5.74, 6) is 0.272. The fourth-order valence-electron chi connectivity index (χ4n) is 4.68. The van der Waals surface area contributed by atoms with Gasteiger partial charge in [0.25, 0.3) is 5.91 Å². The fraction of sp³-hybridized carbons (Fsp3) is 0.400. The van der Waals surface area contributed by atoms with E-state index in [1.165, 1.54) is 0 Å². The number of piperidine rings is 1. The van der Waals surface area contributed by atoms with E-state index in [9.17, 15) is 4.79 Å². The zero-order chi connectivity index (χ0) is 22.1. The van der Waals surface area contributed by atoms with Crippen LogP contribution in [0.4, 0.5) is 0 Å². The van der Waals surface area contributed by atoms with Crippen molar-refractivity contribution in [2.24, 2.45) is 0 Å². The molecule has 0 radical (unpaired) electrons. The summed E-state index contributed by atoms with van der Waals surface area (Å²) in [5.41, 5.74) is 2.55. The van der Waals surface area contributed by atoms with Gasteiger partial charge in [-0.1, -0.05) is 35.9 Å². The Kier molecular flexibility index (Phi) is 5.84. The summed E-state index contributed by atoms with van der Waals surface area (Å²) in [5, 5.41) is 1.62. The van der Waals surface area contributed by atoms with Crippen LogP contribution in [-0.2, 0) is 16.0 Å². The predicted molar refractivity (Wildman–Crippen MR) is 123 cm³/mol. The number of hydrogen-bond acceptors (Lipinski definition) is 4. The molecule has 0 saturated carbocycles. The molecule has 168 valence electrons. The van der Waals surface area contributed by atoms with Gasteiger partial charge >= 0.3 is 0 Å². The van der Waals surface area contributed by atoms with E-state index >= 15 is 0 Å². The third-order valence-electron chi connectivity index (χ3n) is 6.34. The molecule has 1 amide bonds. The van der Waals surface area contributed by atoms with Gasteiger partial charge < -0.3 is 23.7 Å². The van der Waals surface area contributed by atoms with Crippen molar-refractivity contribution in [3.63, 3.8) is 0 Å². The van der Waals surface area contributed by atoms with Gasteiger partial charge in [0, 0.05) is 42.9 Å². The van der Waals surface area contributed by atoms with Crippen molar-refractivity contribution in [1.29, 1.82) is 0 Å². The number of fused-ring (bicyclic) bond motifs is 1. The Hall–Kier alpha value is -2.54. The summed E-state index contributed by atoms with van der Waals surface area (Å²) in [6.45, 7) is 5.48. The third-order valence-corrected chi connectivity index (χ3v) is 6.71. The van der Waals surface area contributed by atoms with Crippen LogP contribution in [0, 0.1) is 0 Å². The monoisotopic (exact) mass is 454 g/mol. The average molecular weight is 455 g/mol. The third kappa shape index (κ3) is 3.87. The minimum atomic E-state index is -0.511. The van der Waals surface area contributed by atoms with E-state index < -0.39 is 5.79 Å². The van der Waals surface area contributed by atoms with Gasteiger partial charge in [-0.3, -0.25) is 4.79 Å². The molecule has 5 rings (SSSR count). The maximum atomic E-state index is 13.7. The smallest absolute Gasteiger partial charge is 0.270 e. The molecule has 0 N–H and O–H groups in total. The lowest BCUT2D eigenvalue weighted by molar-refractivity contribution is -0.181. The lowest BCUT2D eigenvalue weighted by Crippen LogP contribution is -2.47. The second-order valence-electron chi connectivity index (χ2n) is 8.23. The molecule has 0 bridgehead atoms. The summed E-state index contributed by atoms with van der Waals surface area (Å²) in [4.78, 5) is 15.6. The number of halogens is 1. The summed E-state index contributed by atoms with van der Waals surface area (Å²) in [7, 11) is 0. The lowest BCUT2D eigenvalue weighted by atomic mass is 10.0. The Morgan fingerprint density at radius 1 is 1.09 bits per heavy atom. The Morgan fingerprint density at radius 2 is 1.84 bits per heavy atom. The van der Waals surface area contributed by atoms with E-state index in [1.807, 2.05) is 64.9 Å². The van der Waals surface area contributed by atoms with Crippen LogP contribution in [0.3, 0.4) is 0 Å². The molecule has 2 aromatic carbocycles. The second kappa shape index (κ2) is 8.77. The topological polar surface area (TPSA) is 52.9 Å². The number of aromatic nitrogens is 1. The highest BCUT2D eigenvalue weighted by Crippen LogP contribution is 2.34. The first-order chi connectivity index (χ1) is 15.6. The number of nitrogens with zero attached hydrogens (tertiary/aromatic N) is 2. The van der Waals surface area contributed by atoms with Crippen LogP contribution in [0.5, 0.6) is 5.75 Å². The second-order valence-corrected chi connectivity index (χ2v) is 8.64. The Labute approximate surface area is 192 Å². The highest BCUT2D eigenvalue weighted by atomic mass is 35.5. The van der Waals surface area contributed by atoms with E-state index in [1.54, 1.807) is 0 Å². The first-order valence-electron chi connectivity index (χ1n) is 11.2. The molecule has 0 aliphatic carbocycles. The van der Waals surface area contributed by atoms with E-state index in [-0.39, 0.29) is 5.91 Å². The summed E-state index contributed by atoms with van der Waals surface area (Å²) < 4.78 is 19.6. The molecule has 7 heteroatoms. The summed E-state index contributed by atoms with van der Waals surface area (Å²) in [6, 6.07) is 15.6. The van der Waals surface area contributed by atoms with Crippen LogP contribution < -0.4 is 4.74 Å². The van der Waals surface area contributed by atoms with Gasteiger partial charge in [0.2, 0.25) is 0 Å². The maximum Gasteiger partial charge on any atom is 0.270 e. The van der Waals surface area contributed by atoms with E-state index in [0.717, 1.165) is 22.2 Å². The van der Waals surface area contributed by atoms with Gasteiger partial charge in [0.05, 0.1) is 25.3 Å². The molecule has 2 aliphatic rings. The largest absolute Gasteiger partial charge is 0.493 e. The molecular weight excluding hydrogens is 428 g/mol. The molecule has 1 spiro atoms. The Balaban J connectivity index is 1.51. The number of hydrogen-bond donors (Lipinski definition) is 0. The van der Waals surface area contributed by atoms with Gasteiger partial charge in [-0.2, -0.15) is 0 Å². The highest BCUT2D eigenvalue weighted by Gasteiger charge is 2.41. The number of amides is 1. The standard InChI is InChI=1S/C25H27ClN2O4/c1-2-30-23-9-5-8-21-19(23)16-22(28(21)17-18-6-3-4-7-20(18)26)24(29)27-12-10-25(11-13-27)31-14-15-32-25/h3-9,16H,2,10-15,17H2,1H3. The Morgan fingerprint density at radius 3 is 2.56 bits per heavy atom. The molecule has 2 saturated heterocycles. The van der Waals surface area contributed by atoms with Gasteiger partial charge in [0.1, 0.15) is 11.4 Å². The van der Waals surface area contributed by atoms with Gasteiger partial charge in [-0.05, 0) is 36.8 Å². The number of likely N-dealkylation sites (tertiary alicyclic amines) is 1. The zero-order valence-electron chi connectivity index (χ0n) is 18.2. The number of carbonyl (C=O) groups is 1. The fourth-order valence-corrected chi connectivity index (χ4v) is 4.88. The number of ether oxygens (including phenoxy) is 3. The lowest BCUT2D eigenvalue weighted by Gasteiger charge is -2.37. The minimum absolute atomic E-state index is 0.00329. The maximum absolute atomic E-state index is 13.7. The zero-order valence-corrected chi connectivity index (χ0v) is 18.9. The normalized spacial score (nSPS) is 17.9. The van der Waals surface area contributed by atoms with Gasteiger partial charge in [-0.15, -0.1) is 0 Å². The van der Waals surface area contributed by atoms with Crippen molar-refractivity contribution in [1.82, 2.24) is 9.47 Å². The number of benzene rings is 2. The molecule has 1 aromatic heterocycles. The van der Waals surface area contributed by atoms with Crippen LogP contribution in [0.25, 0.3) is 10.9 Å². The molecule has 3 aromatic rings. The molecule has 3 heterocycles. The van der Waals surface area contributed by atoms with Crippen molar-refractivity contribution in [2.45, 2.75) is 32.1 Å². The first-order valence-corrected chi connectivity index (χ1v) is 11.5. The number of carbonyl (C=O) groups excluding carboxylic acids is 1. The molecule has 32 heavy (non-hydrogen) atoms. The summed E-state index contributed by atoms with van der Waals surface area (Å²) in [6.07, 6.45) is 1.38. The van der Waals surface area contributed by atoms with E-state index in [0.29, 0.717) is 63.0 Å². The van der Waals surface area contributed by atoms with Crippen molar-refractivity contribution in [2.75, 3.05) is 32.9 Å². The van der Waals surface area contributed by atoms with Crippen molar-refractivity contribution in [3.8, 4) is 5.75 Å². The molecule has 2 fully saturated rings. The first kappa shape index (κ1) is 21.3. The van der Waals surface area contributed by atoms with Crippen LogP contribution in [0.1, 0.15) is 35.8 Å². The van der Waals surface area contributed by atoms with Gasteiger partial charge in [0.15, 0.2) is 5.79 Å². The minimum Gasteiger partial charge on any atom is -0.493 e. The molecule has 2 aliphatic heterocycles. The van der Waals surface area contributed by atoms with Crippen molar-refractivity contribution < 1.29 is 19.0 Å². The quantitative estimate of drug-likeness (QED) is 0.559.